The van der Waals surface area contributed by atoms with E-state index in [0.29, 0.717) is 6.61 Å². The first-order valence-electron chi connectivity index (χ1n) is 8.16. The van der Waals surface area contributed by atoms with E-state index in [1.165, 1.54) is 70.6 Å². The van der Waals surface area contributed by atoms with Crippen molar-refractivity contribution < 1.29 is 5.11 Å². The molecule has 0 aromatic rings. The highest BCUT2D eigenvalue weighted by Crippen LogP contribution is 2.35. The van der Waals surface area contributed by atoms with Crippen LogP contribution in [0.1, 0.15) is 70.6 Å². The Labute approximate surface area is 113 Å². The van der Waals surface area contributed by atoms with Crippen molar-refractivity contribution in [1.29, 1.82) is 0 Å². The van der Waals surface area contributed by atoms with Gasteiger partial charge < -0.3 is 10.4 Å². The first kappa shape index (κ1) is 14.3. The second-order valence-corrected chi connectivity index (χ2v) is 6.69. The molecule has 0 aliphatic heterocycles. The van der Waals surface area contributed by atoms with Crippen molar-refractivity contribution in [3.8, 4) is 0 Å². The second-order valence-electron chi connectivity index (χ2n) is 6.69. The molecule has 2 rings (SSSR count). The number of rotatable bonds is 6. The van der Waals surface area contributed by atoms with Gasteiger partial charge in [0.05, 0.1) is 0 Å². The smallest absolute Gasteiger partial charge is 0.0499 e. The molecule has 18 heavy (non-hydrogen) atoms. The van der Waals surface area contributed by atoms with Crippen LogP contribution in [-0.2, 0) is 0 Å². The average Bonchev–Trinajstić information content (AvgIpc) is 2.46. The fourth-order valence-electron chi connectivity index (χ4n) is 3.83. The SMILES string of the molecule is OCC1(CNCCC2CCCCC2)CCCCC1. The molecule has 2 N–H and O–H groups in total. The summed E-state index contributed by atoms with van der Waals surface area (Å²) < 4.78 is 0. The fourth-order valence-corrected chi connectivity index (χ4v) is 3.83. The third kappa shape index (κ3) is 4.24. The van der Waals surface area contributed by atoms with Gasteiger partial charge in [-0.1, -0.05) is 51.4 Å². The number of aliphatic hydroxyl groups is 1. The van der Waals surface area contributed by atoms with Crippen molar-refractivity contribution in [3.63, 3.8) is 0 Å². The molecule has 0 aromatic carbocycles. The van der Waals surface area contributed by atoms with E-state index in [-0.39, 0.29) is 5.41 Å². The molecule has 0 bridgehead atoms. The van der Waals surface area contributed by atoms with E-state index in [2.05, 4.69) is 5.32 Å². The maximum atomic E-state index is 9.65. The first-order valence-corrected chi connectivity index (χ1v) is 8.16. The van der Waals surface area contributed by atoms with Crippen molar-refractivity contribution in [1.82, 2.24) is 5.32 Å². The first-order chi connectivity index (χ1) is 8.85. The van der Waals surface area contributed by atoms with Crippen LogP contribution >= 0.6 is 0 Å². The van der Waals surface area contributed by atoms with E-state index in [0.717, 1.165) is 19.0 Å². The summed E-state index contributed by atoms with van der Waals surface area (Å²) in [6.45, 7) is 2.58. The molecular formula is C16H31NO. The van der Waals surface area contributed by atoms with E-state index >= 15 is 0 Å². The van der Waals surface area contributed by atoms with Gasteiger partial charge in [0.15, 0.2) is 0 Å². The monoisotopic (exact) mass is 253 g/mol. The van der Waals surface area contributed by atoms with Crippen LogP contribution in [-0.4, -0.2) is 24.8 Å². The zero-order valence-corrected chi connectivity index (χ0v) is 11.9. The lowest BCUT2D eigenvalue weighted by molar-refractivity contribution is 0.0809. The molecule has 0 saturated heterocycles. The summed E-state index contributed by atoms with van der Waals surface area (Å²) in [6.07, 6.45) is 15.0. The standard InChI is InChI=1S/C16H31NO/c18-14-16(10-5-2-6-11-16)13-17-12-9-15-7-3-1-4-8-15/h15,17-18H,1-14H2. The number of hydrogen-bond acceptors (Lipinski definition) is 2. The quantitative estimate of drug-likeness (QED) is 0.710. The van der Waals surface area contributed by atoms with Gasteiger partial charge in [-0.05, 0) is 31.7 Å². The van der Waals surface area contributed by atoms with Crippen LogP contribution in [0, 0.1) is 11.3 Å². The van der Waals surface area contributed by atoms with E-state index < -0.39 is 0 Å². The second kappa shape index (κ2) is 7.49. The van der Waals surface area contributed by atoms with Crippen LogP contribution in [0.15, 0.2) is 0 Å². The van der Waals surface area contributed by atoms with Gasteiger partial charge in [-0.15, -0.1) is 0 Å². The Morgan fingerprint density at radius 1 is 0.944 bits per heavy atom. The Morgan fingerprint density at radius 2 is 1.61 bits per heavy atom. The third-order valence-corrected chi connectivity index (χ3v) is 5.20. The van der Waals surface area contributed by atoms with Gasteiger partial charge in [-0.25, -0.2) is 0 Å². The van der Waals surface area contributed by atoms with Gasteiger partial charge in [0.2, 0.25) is 0 Å². The fraction of sp³-hybridized carbons (Fsp3) is 1.00. The van der Waals surface area contributed by atoms with Gasteiger partial charge in [-0.2, -0.15) is 0 Å². The Morgan fingerprint density at radius 3 is 2.28 bits per heavy atom. The topological polar surface area (TPSA) is 32.3 Å². The molecule has 0 amide bonds. The summed E-state index contributed by atoms with van der Waals surface area (Å²) >= 11 is 0. The van der Waals surface area contributed by atoms with Crippen LogP contribution in [0.5, 0.6) is 0 Å². The van der Waals surface area contributed by atoms with E-state index in [1.54, 1.807) is 0 Å². The van der Waals surface area contributed by atoms with Crippen LogP contribution in [0.3, 0.4) is 0 Å². The molecule has 0 aromatic heterocycles. The van der Waals surface area contributed by atoms with Gasteiger partial charge in [-0.3, -0.25) is 0 Å². The molecule has 2 aliphatic rings. The Kier molecular flexibility index (Phi) is 5.97. The van der Waals surface area contributed by atoms with Gasteiger partial charge >= 0.3 is 0 Å². The lowest BCUT2D eigenvalue weighted by atomic mass is 9.74. The molecule has 2 heteroatoms. The molecular weight excluding hydrogens is 222 g/mol. The third-order valence-electron chi connectivity index (χ3n) is 5.20. The Bertz CT molecular complexity index is 217. The molecule has 2 nitrogen and oxygen atoms in total. The highest BCUT2D eigenvalue weighted by Gasteiger charge is 2.30. The van der Waals surface area contributed by atoms with E-state index in [4.69, 9.17) is 0 Å². The summed E-state index contributed by atoms with van der Waals surface area (Å²) in [5.41, 5.74) is 0.213. The predicted molar refractivity (Wildman–Crippen MR) is 76.7 cm³/mol. The van der Waals surface area contributed by atoms with Crippen LogP contribution in [0.4, 0.5) is 0 Å². The Balaban J connectivity index is 1.61. The van der Waals surface area contributed by atoms with Crippen molar-refractivity contribution in [2.45, 2.75) is 70.6 Å². The van der Waals surface area contributed by atoms with E-state index in [9.17, 15) is 5.11 Å². The normalized spacial score (nSPS) is 25.2. The number of aliphatic hydroxyl groups excluding tert-OH is 1. The molecule has 0 atom stereocenters. The van der Waals surface area contributed by atoms with Crippen LogP contribution in [0.25, 0.3) is 0 Å². The molecule has 2 fully saturated rings. The molecule has 0 radical (unpaired) electrons. The zero-order chi connectivity index (χ0) is 12.7. The van der Waals surface area contributed by atoms with Crippen molar-refractivity contribution in [2.24, 2.45) is 11.3 Å². The summed E-state index contributed by atoms with van der Waals surface area (Å²) in [6, 6.07) is 0. The minimum Gasteiger partial charge on any atom is -0.396 e. The highest BCUT2D eigenvalue weighted by molar-refractivity contribution is 4.84. The minimum atomic E-state index is 0.213. The number of hydrogen-bond donors (Lipinski definition) is 2. The molecule has 0 heterocycles. The zero-order valence-electron chi connectivity index (χ0n) is 11.9. The summed E-state index contributed by atoms with van der Waals surface area (Å²) in [7, 11) is 0. The van der Waals surface area contributed by atoms with Gasteiger partial charge in [0.25, 0.3) is 0 Å². The molecule has 0 unspecified atom stereocenters. The van der Waals surface area contributed by atoms with E-state index in [1.807, 2.05) is 0 Å². The molecule has 106 valence electrons. The summed E-state index contributed by atoms with van der Waals surface area (Å²) in [5.74, 6) is 0.975. The number of nitrogens with one attached hydrogen (secondary N) is 1. The summed E-state index contributed by atoms with van der Waals surface area (Å²) in [4.78, 5) is 0. The molecule has 2 saturated carbocycles. The maximum absolute atomic E-state index is 9.65. The lowest BCUT2D eigenvalue weighted by Crippen LogP contribution is -2.39. The largest absolute Gasteiger partial charge is 0.396 e. The van der Waals surface area contributed by atoms with Crippen molar-refractivity contribution in [2.75, 3.05) is 19.7 Å². The highest BCUT2D eigenvalue weighted by atomic mass is 16.3. The minimum absolute atomic E-state index is 0.213. The van der Waals surface area contributed by atoms with Gasteiger partial charge in [0, 0.05) is 18.6 Å². The van der Waals surface area contributed by atoms with Crippen LogP contribution in [0.2, 0.25) is 0 Å². The molecule has 0 spiro atoms. The van der Waals surface area contributed by atoms with Crippen molar-refractivity contribution in [3.05, 3.63) is 0 Å². The lowest BCUT2D eigenvalue weighted by Gasteiger charge is -2.36. The summed E-state index contributed by atoms with van der Waals surface area (Å²) in [5, 5.41) is 13.3. The Hall–Kier alpha value is -0.0800. The predicted octanol–water partition coefficient (Wildman–Crippen LogP) is 3.49. The van der Waals surface area contributed by atoms with Crippen LogP contribution < -0.4 is 5.32 Å². The average molecular weight is 253 g/mol. The molecule has 2 aliphatic carbocycles. The van der Waals surface area contributed by atoms with Crippen molar-refractivity contribution >= 4 is 0 Å². The maximum Gasteiger partial charge on any atom is 0.0499 e. The van der Waals surface area contributed by atoms with Gasteiger partial charge in [0.1, 0.15) is 0 Å².